The van der Waals surface area contributed by atoms with Crippen LogP contribution in [0.4, 0.5) is 17.1 Å². The molecule has 47 heavy (non-hydrogen) atoms. The van der Waals surface area contributed by atoms with Gasteiger partial charge in [-0.05, 0) is 104 Å². The first kappa shape index (κ1) is 20.0. The van der Waals surface area contributed by atoms with Crippen molar-refractivity contribution in [2.75, 3.05) is 4.90 Å². The summed E-state index contributed by atoms with van der Waals surface area (Å²) in [4.78, 5) is 1.68. The van der Waals surface area contributed by atoms with E-state index in [1.165, 1.54) is 0 Å². The van der Waals surface area contributed by atoms with Gasteiger partial charge in [0.2, 0.25) is 0 Å². The minimum atomic E-state index is -0.622. The van der Waals surface area contributed by atoms with Gasteiger partial charge in [-0.2, -0.15) is 0 Å². The maximum absolute atomic E-state index is 9.35. The van der Waals surface area contributed by atoms with Crippen LogP contribution in [-0.2, 0) is 0 Å². The zero-order valence-electron chi connectivity index (χ0n) is 34.3. The lowest BCUT2D eigenvalue weighted by molar-refractivity contribution is 1.28. The molecule has 0 radical (unpaired) electrons. The number of hydrogen-bond acceptors (Lipinski definition) is 1. The Labute approximate surface area is 289 Å². The fourth-order valence-corrected chi connectivity index (χ4v) is 5.83. The van der Waals surface area contributed by atoms with Crippen molar-refractivity contribution in [1.29, 1.82) is 0 Å². The maximum atomic E-state index is 9.35. The third kappa shape index (κ3) is 5.95. The monoisotopic (exact) mass is 608 g/mol. The number of anilines is 3. The smallest absolute Gasteiger partial charge is 0.0645 e. The summed E-state index contributed by atoms with van der Waals surface area (Å²) in [5.74, 6) is 0. The van der Waals surface area contributed by atoms with E-state index in [9.17, 15) is 2.74 Å². The van der Waals surface area contributed by atoms with E-state index < -0.39 is 54.4 Å². The molecule has 0 saturated carbocycles. The Morgan fingerprint density at radius 2 is 0.851 bits per heavy atom. The third-order valence-electron chi connectivity index (χ3n) is 8.20. The third-order valence-corrected chi connectivity index (χ3v) is 8.20. The van der Waals surface area contributed by atoms with Gasteiger partial charge in [0, 0.05) is 17.1 Å². The molecule has 0 spiro atoms. The summed E-state index contributed by atoms with van der Waals surface area (Å²) in [6, 6.07) is 43.0. The molecule has 1 heteroatoms. The predicted molar refractivity (Wildman–Crippen MR) is 200 cm³/mol. The standard InChI is InChI=1S/C46H33N/c1-3-11-34(12-4-1)37-23-27-44(28-24-37)47(46-20-10-19-42(33-46)43-22-21-36-15-7-8-16-39(36)32-43)45-29-25-38(26-30-45)41-18-9-17-40(31-41)35-13-5-2-6-14-35/h1-33H/i1D,3D,4D,11D,12D,23D,24D,27D,28D. The second kappa shape index (κ2) is 12.7. The van der Waals surface area contributed by atoms with Crippen LogP contribution in [0.3, 0.4) is 0 Å². The molecule has 0 aliphatic heterocycles. The van der Waals surface area contributed by atoms with Gasteiger partial charge >= 0.3 is 0 Å². The van der Waals surface area contributed by atoms with Crippen LogP contribution >= 0.6 is 0 Å². The van der Waals surface area contributed by atoms with Crippen molar-refractivity contribution in [2.24, 2.45) is 0 Å². The Hall–Kier alpha value is -6.18. The molecule has 8 rings (SSSR count). The molecule has 0 saturated heterocycles. The minimum Gasteiger partial charge on any atom is -0.310 e. The molecule has 1 nitrogen and oxygen atoms in total. The number of benzene rings is 8. The molecular formula is C46H33N. The highest BCUT2D eigenvalue weighted by atomic mass is 15.1. The van der Waals surface area contributed by atoms with Crippen LogP contribution in [0.15, 0.2) is 200 Å². The minimum absolute atomic E-state index is 0.0504. The number of hydrogen-bond donors (Lipinski definition) is 0. The topological polar surface area (TPSA) is 3.24 Å². The summed E-state index contributed by atoms with van der Waals surface area (Å²) in [5.41, 5.74) is 6.28. The normalized spacial score (nSPS) is 13.7. The van der Waals surface area contributed by atoms with Crippen LogP contribution in [0.25, 0.3) is 55.3 Å². The molecule has 222 valence electrons. The van der Waals surface area contributed by atoms with Gasteiger partial charge in [-0.15, -0.1) is 0 Å². The van der Waals surface area contributed by atoms with Crippen molar-refractivity contribution in [3.63, 3.8) is 0 Å². The Morgan fingerprint density at radius 1 is 0.298 bits per heavy atom. The Kier molecular flexibility index (Phi) is 5.40. The molecule has 0 aromatic heterocycles. The summed E-state index contributed by atoms with van der Waals surface area (Å²) in [5, 5.41) is 2.17. The summed E-state index contributed by atoms with van der Waals surface area (Å²) >= 11 is 0. The lowest BCUT2D eigenvalue weighted by Gasteiger charge is -2.26. The highest BCUT2D eigenvalue weighted by Gasteiger charge is 2.15. The van der Waals surface area contributed by atoms with Gasteiger partial charge in [0.05, 0.1) is 12.3 Å². The van der Waals surface area contributed by atoms with Gasteiger partial charge in [0.15, 0.2) is 0 Å². The first-order valence-electron chi connectivity index (χ1n) is 19.9. The second-order valence-electron chi connectivity index (χ2n) is 11.2. The fourth-order valence-electron chi connectivity index (χ4n) is 5.83. The maximum Gasteiger partial charge on any atom is 0.0645 e. The average Bonchev–Trinajstić information content (AvgIpc) is 3.24. The van der Waals surface area contributed by atoms with E-state index >= 15 is 0 Å². The Bertz CT molecular complexity index is 2740. The van der Waals surface area contributed by atoms with Gasteiger partial charge in [-0.1, -0.05) is 151 Å². The molecule has 8 aromatic carbocycles. The van der Waals surface area contributed by atoms with Gasteiger partial charge in [0.1, 0.15) is 0 Å². The fraction of sp³-hybridized carbons (Fsp3) is 0. The highest BCUT2D eigenvalue weighted by Crippen LogP contribution is 2.39. The molecular weight excluding hydrogens is 567 g/mol. The van der Waals surface area contributed by atoms with Crippen LogP contribution < -0.4 is 4.90 Å². The number of rotatable bonds is 7. The van der Waals surface area contributed by atoms with E-state index in [0.29, 0.717) is 11.4 Å². The van der Waals surface area contributed by atoms with E-state index in [-0.39, 0.29) is 16.8 Å². The molecule has 0 aliphatic rings. The van der Waals surface area contributed by atoms with Gasteiger partial charge in [0.25, 0.3) is 0 Å². The summed E-state index contributed by atoms with van der Waals surface area (Å²) in [7, 11) is 0. The summed E-state index contributed by atoms with van der Waals surface area (Å²) < 4.78 is 78.6. The van der Waals surface area contributed by atoms with Crippen LogP contribution in [0.5, 0.6) is 0 Å². The number of nitrogens with zero attached hydrogens (tertiary/aromatic N) is 1. The van der Waals surface area contributed by atoms with Gasteiger partial charge < -0.3 is 4.90 Å². The molecule has 0 amide bonds. The van der Waals surface area contributed by atoms with Gasteiger partial charge in [-0.3, -0.25) is 0 Å². The van der Waals surface area contributed by atoms with Crippen molar-refractivity contribution in [1.82, 2.24) is 0 Å². The molecule has 0 atom stereocenters. The van der Waals surface area contributed by atoms with Crippen molar-refractivity contribution in [2.45, 2.75) is 0 Å². The summed E-state index contributed by atoms with van der Waals surface area (Å²) in [6.07, 6.45) is 0. The Morgan fingerprint density at radius 3 is 1.60 bits per heavy atom. The molecule has 0 aliphatic carbocycles. The highest BCUT2D eigenvalue weighted by molar-refractivity contribution is 5.89. The SMILES string of the molecule is [2H]c1c([2H])c([2H])c(-c2c([2H])c([2H])c(N(c3ccc(-c4cccc(-c5ccccc5)c4)cc3)c3cccc(-c4ccc5ccccc5c4)c3)c([2H])c2[2H])c([2H])c1[2H]. The summed E-state index contributed by atoms with van der Waals surface area (Å²) in [6.45, 7) is 0. The van der Waals surface area contributed by atoms with Crippen LogP contribution in [-0.4, -0.2) is 0 Å². The lowest BCUT2D eigenvalue weighted by atomic mass is 9.98. The van der Waals surface area contributed by atoms with Crippen molar-refractivity contribution < 1.29 is 12.3 Å². The van der Waals surface area contributed by atoms with E-state index in [1.807, 2.05) is 103 Å². The van der Waals surface area contributed by atoms with Crippen LogP contribution in [0, 0.1) is 0 Å². The molecule has 0 fully saturated rings. The quantitative estimate of drug-likeness (QED) is 0.174. The zero-order valence-corrected chi connectivity index (χ0v) is 25.3. The molecule has 8 aromatic rings. The predicted octanol–water partition coefficient (Wildman–Crippen LogP) is 13.0. The molecule has 0 heterocycles. The van der Waals surface area contributed by atoms with E-state index in [0.717, 1.165) is 44.2 Å². The van der Waals surface area contributed by atoms with Crippen LogP contribution in [0.2, 0.25) is 0 Å². The number of fused-ring (bicyclic) bond motifs is 1. The zero-order chi connectivity index (χ0) is 39.2. The molecule has 0 bridgehead atoms. The molecule has 0 N–H and O–H groups in total. The largest absolute Gasteiger partial charge is 0.310 e. The van der Waals surface area contributed by atoms with E-state index in [4.69, 9.17) is 9.60 Å². The van der Waals surface area contributed by atoms with Crippen molar-refractivity contribution in [3.05, 3.63) is 200 Å². The van der Waals surface area contributed by atoms with E-state index in [1.54, 1.807) is 4.90 Å². The Balaban J connectivity index is 1.30. The lowest BCUT2D eigenvalue weighted by Crippen LogP contribution is -2.10. The van der Waals surface area contributed by atoms with Crippen molar-refractivity contribution >= 4 is 27.8 Å². The second-order valence-corrected chi connectivity index (χ2v) is 11.2. The molecule has 0 unspecified atom stereocenters. The van der Waals surface area contributed by atoms with Crippen LogP contribution in [0.1, 0.15) is 12.3 Å². The first-order valence-corrected chi connectivity index (χ1v) is 15.4. The van der Waals surface area contributed by atoms with Gasteiger partial charge in [-0.25, -0.2) is 0 Å². The van der Waals surface area contributed by atoms with E-state index in [2.05, 4.69) is 42.5 Å². The average molecular weight is 609 g/mol. The first-order chi connectivity index (χ1) is 27.0. The van der Waals surface area contributed by atoms with Crippen molar-refractivity contribution in [3.8, 4) is 44.5 Å².